The Morgan fingerprint density at radius 1 is 1.26 bits per heavy atom. The van der Waals surface area contributed by atoms with Crippen molar-refractivity contribution in [2.75, 3.05) is 5.32 Å². The minimum Gasteiger partial charge on any atom is -0.476 e. The van der Waals surface area contributed by atoms with Gasteiger partial charge in [-0.3, -0.25) is 9.59 Å². The van der Waals surface area contributed by atoms with Crippen LogP contribution >= 0.6 is 0 Å². The molecule has 0 spiro atoms. The number of amides is 2. The molecule has 1 aromatic carbocycles. The third kappa shape index (κ3) is 4.49. The number of hydrogen-bond donors (Lipinski definition) is 3. The van der Waals surface area contributed by atoms with E-state index in [4.69, 9.17) is 5.11 Å². The molecule has 142 valence electrons. The van der Waals surface area contributed by atoms with Crippen molar-refractivity contribution in [2.24, 2.45) is 5.92 Å². The molecule has 1 heterocycles. The molecule has 1 unspecified atom stereocenters. The van der Waals surface area contributed by atoms with Crippen LogP contribution < -0.4 is 10.6 Å². The molecule has 9 heteroatoms. The fourth-order valence-electron chi connectivity index (χ4n) is 3.34. The van der Waals surface area contributed by atoms with E-state index in [0.29, 0.717) is 11.4 Å². The zero-order valence-electron chi connectivity index (χ0n) is 14.9. The molecule has 3 rings (SSSR count). The lowest BCUT2D eigenvalue weighted by Gasteiger charge is -2.23. The standard InChI is InChI=1S/C18H21N5O4/c1-11(24)19-16(12-5-2-3-6-12)17(25)20-13-7-4-8-14(9-13)23-10-15(18(26)27)21-22-23/h4,7-10,12,16H,2-3,5-6H2,1H3,(H,19,24)(H,20,25)(H,26,27). The number of carbonyl (C=O) groups excluding carboxylic acids is 2. The van der Waals surface area contributed by atoms with Gasteiger partial charge in [0.15, 0.2) is 5.69 Å². The van der Waals surface area contributed by atoms with Gasteiger partial charge in [-0.05, 0) is 37.0 Å². The summed E-state index contributed by atoms with van der Waals surface area (Å²) in [6.45, 7) is 1.40. The Morgan fingerprint density at radius 3 is 2.63 bits per heavy atom. The van der Waals surface area contributed by atoms with Crippen molar-refractivity contribution in [3.63, 3.8) is 0 Å². The number of carboxylic acid groups (broad SMARTS) is 1. The maximum Gasteiger partial charge on any atom is 0.358 e. The van der Waals surface area contributed by atoms with Crippen molar-refractivity contribution < 1.29 is 19.5 Å². The summed E-state index contributed by atoms with van der Waals surface area (Å²) in [5.74, 6) is -1.54. The summed E-state index contributed by atoms with van der Waals surface area (Å²) in [4.78, 5) is 35.2. The predicted octanol–water partition coefficient (Wildman–Crippen LogP) is 1.60. The van der Waals surface area contributed by atoms with E-state index in [1.54, 1.807) is 24.3 Å². The summed E-state index contributed by atoms with van der Waals surface area (Å²) in [5.41, 5.74) is 0.916. The highest BCUT2D eigenvalue weighted by atomic mass is 16.4. The first-order valence-electron chi connectivity index (χ1n) is 8.78. The number of aromatic carboxylic acids is 1. The molecule has 0 saturated heterocycles. The first-order valence-corrected chi connectivity index (χ1v) is 8.78. The quantitative estimate of drug-likeness (QED) is 0.708. The fraction of sp³-hybridized carbons (Fsp3) is 0.389. The second-order valence-electron chi connectivity index (χ2n) is 6.62. The second-order valence-corrected chi connectivity index (χ2v) is 6.62. The smallest absolute Gasteiger partial charge is 0.358 e. The van der Waals surface area contributed by atoms with E-state index in [9.17, 15) is 14.4 Å². The van der Waals surface area contributed by atoms with E-state index in [2.05, 4.69) is 20.9 Å². The first kappa shape index (κ1) is 18.6. The van der Waals surface area contributed by atoms with Crippen LogP contribution in [-0.4, -0.2) is 43.9 Å². The summed E-state index contributed by atoms with van der Waals surface area (Å²) in [5, 5.41) is 21.9. The number of hydrogen-bond acceptors (Lipinski definition) is 5. The molecule has 27 heavy (non-hydrogen) atoms. The van der Waals surface area contributed by atoms with Gasteiger partial charge >= 0.3 is 5.97 Å². The van der Waals surface area contributed by atoms with Gasteiger partial charge < -0.3 is 15.7 Å². The molecular formula is C18H21N5O4. The molecule has 2 aromatic rings. The number of rotatable bonds is 6. The van der Waals surface area contributed by atoms with Gasteiger partial charge in [0.25, 0.3) is 0 Å². The number of nitrogens with zero attached hydrogens (tertiary/aromatic N) is 3. The Morgan fingerprint density at radius 2 is 2.00 bits per heavy atom. The second kappa shape index (κ2) is 7.98. The first-order chi connectivity index (χ1) is 12.9. The third-order valence-electron chi connectivity index (χ3n) is 4.60. The Bertz CT molecular complexity index is 857. The highest BCUT2D eigenvalue weighted by Crippen LogP contribution is 2.28. The Hall–Kier alpha value is -3.23. The van der Waals surface area contributed by atoms with Crippen LogP contribution in [0.5, 0.6) is 0 Å². The van der Waals surface area contributed by atoms with Gasteiger partial charge in [-0.15, -0.1) is 5.10 Å². The van der Waals surface area contributed by atoms with Crippen LogP contribution in [0.25, 0.3) is 5.69 Å². The molecule has 0 bridgehead atoms. The molecule has 9 nitrogen and oxygen atoms in total. The van der Waals surface area contributed by atoms with Crippen LogP contribution in [0.15, 0.2) is 30.5 Å². The van der Waals surface area contributed by atoms with Crippen LogP contribution in [0.2, 0.25) is 0 Å². The van der Waals surface area contributed by atoms with E-state index < -0.39 is 12.0 Å². The Balaban J connectivity index is 1.76. The molecule has 1 aliphatic carbocycles. The number of carbonyl (C=O) groups is 3. The van der Waals surface area contributed by atoms with Crippen molar-refractivity contribution in [3.8, 4) is 5.69 Å². The average molecular weight is 371 g/mol. The van der Waals surface area contributed by atoms with E-state index in [-0.39, 0.29) is 23.4 Å². The van der Waals surface area contributed by atoms with Crippen LogP contribution in [0, 0.1) is 5.92 Å². The zero-order valence-corrected chi connectivity index (χ0v) is 14.9. The van der Waals surface area contributed by atoms with Crippen LogP contribution in [0.4, 0.5) is 5.69 Å². The minimum absolute atomic E-state index is 0.130. The monoisotopic (exact) mass is 371 g/mol. The molecule has 1 saturated carbocycles. The van der Waals surface area contributed by atoms with Gasteiger partial charge in [0, 0.05) is 12.6 Å². The molecule has 2 amide bonds. The van der Waals surface area contributed by atoms with Gasteiger partial charge in [0.1, 0.15) is 6.04 Å². The SMILES string of the molecule is CC(=O)NC(C(=O)Nc1cccc(-n2cc(C(=O)O)nn2)c1)C1CCCC1. The Labute approximate surface area is 155 Å². The van der Waals surface area contributed by atoms with Crippen molar-refractivity contribution in [1.82, 2.24) is 20.3 Å². The van der Waals surface area contributed by atoms with E-state index in [1.165, 1.54) is 17.8 Å². The Kier molecular flexibility index (Phi) is 5.49. The summed E-state index contributed by atoms with van der Waals surface area (Å²) in [6, 6.07) is 6.25. The molecular weight excluding hydrogens is 350 g/mol. The van der Waals surface area contributed by atoms with Gasteiger partial charge in [0.05, 0.1) is 11.9 Å². The summed E-state index contributed by atoms with van der Waals surface area (Å²) in [7, 11) is 0. The molecule has 1 atom stereocenters. The number of nitrogens with one attached hydrogen (secondary N) is 2. The number of aromatic nitrogens is 3. The summed E-state index contributed by atoms with van der Waals surface area (Å²) >= 11 is 0. The molecule has 3 N–H and O–H groups in total. The minimum atomic E-state index is -1.17. The zero-order chi connectivity index (χ0) is 19.4. The van der Waals surface area contributed by atoms with Crippen molar-refractivity contribution >= 4 is 23.5 Å². The third-order valence-corrected chi connectivity index (χ3v) is 4.60. The molecule has 0 aliphatic heterocycles. The highest BCUT2D eigenvalue weighted by molar-refractivity contribution is 5.97. The summed E-state index contributed by atoms with van der Waals surface area (Å²) < 4.78 is 1.32. The van der Waals surface area contributed by atoms with E-state index >= 15 is 0 Å². The largest absolute Gasteiger partial charge is 0.476 e. The average Bonchev–Trinajstić information content (AvgIpc) is 3.31. The van der Waals surface area contributed by atoms with E-state index in [1.807, 2.05) is 0 Å². The number of benzene rings is 1. The van der Waals surface area contributed by atoms with E-state index in [0.717, 1.165) is 25.7 Å². The molecule has 1 fully saturated rings. The van der Waals surface area contributed by atoms with Gasteiger partial charge in [-0.1, -0.05) is 24.1 Å². The normalized spacial score (nSPS) is 15.3. The number of carboxylic acids is 1. The van der Waals surface area contributed by atoms with Gasteiger partial charge in [0.2, 0.25) is 11.8 Å². The van der Waals surface area contributed by atoms with Crippen LogP contribution in [-0.2, 0) is 9.59 Å². The van der Waals surface area contributed by atoms with Crippen LogP contribution in [0.1, 0.15) is 43.1 Å². The van der Waals surface area contributed by atoms with Crippen molar-refractivity contribution in [2.45, 2.75) is 38.6 Å². The topological polar surface area (TPSA) is 126 Å². The lowest BCUT2D eigenvalue weighted by Crippen LogP contribution is -2.47. The lowest BCUT2D eigenvalue weighted by molar-refractivity contribution is -0.126. The highest BCUT2D eigenvalue weighted by Gasteiger charge is 2.31. The maximum atomic E-state index is 12.7. The number of anilines is 1. The molecule has 1 aliphatic rings. The van der Waals surface area contributed by atoms with Crippen molar-refractivity contribution in [1.29, 1.82) is 0 Å². The summed E-state index contributed by atoms with van der Waals surface area (Å²) in [6.07, 6.45) is 5.23. The van der Waals surface area contributed by atoms with Crippen LogP contribution in [0.3, 0.4) is 0 Å². The fourth-order valence-corrected chi connectivity index (χ4v) is 3.34. The molecule has 1 aromatic heterocycles. The molecule has 0 radical (unpaired) electrons. The van der Waals surface area contributed by atoms with Gasteiger partial charge in [-0.2, -0.15) is 0 Å². The predicted molar refractivity (Wildman–Crippen MR) is 96.5 cm³/mol. The van der Waals surface area contributed by atoms with Gasteiger partial charge in [-0.25, -0.2) is 9.48 Å². The maximum absolute atomic E-state index is 12.7. The lowest BCUT2D eigenvalue weighted by atomic mass is 9.97. The van der Waals surface area contributed by atoms with Crippen molar-refractivity contribution in [3.05, 3.63) is 36.2 Å².